The molecule has 26 heavy (non-hydrogen) atoms. The molecule has 0 aromatic heterocycles. The Hall–Kier alpha value is -1.66. The molecule has 2 fully saturated rings. The van der Waals surface area contributed by atoms with Crippen LogP contribution in [0.15, 0.2) is 24.3 Å². The number of amides is 2. The van der Waals surface area contributed by atoms with Crippen LogP contribution in [-0.2, 0) is 6.54 Å². The molecular formula is C20H31FN4O. The summed E-state index contributed by atoms with van der Waals surface area (Å²) in [5, 5.41) is 3.08. The zero-order valence-corrected chi connectivity index (χ0v) is 15.8. The highest BCUT2D eigenvalue weighted by molar-refractivity contribution is 5.74. The van der Waals surface area contributed by atoms with Crippen LogP contribution in [0.2, 0.25) is 0 Å². The Morgan fingerprint density at radius 1 is 1.12 bits per heavy atom. The van der Waals surface area contributed by atoms with E-state index < -0.39 is 0 Å². The molecule has 0 spiro atoms. The van der Waals surface area contributed by atoms with Crippen LogP contribution in [0.1, 0.15) is 31.7 Å². The summed E-state index contributed by atoms with van der Waals surface area (Å²) in [5.74, 6) is -0.200. The van der Waals surface area contributed by atoms with Gasteiger partial charge in [-0.1, -0.05) is 18.6 Å². The summed E-state index contributed by atoms with van der Waals surface area (Å²) in [6.07, 6.45) is 3.87. The summed E-state index contributed by atoms with van der Waals surface area (Å²) in [4.78, 5) is 19.1. The molecule has 5 nitrogen and oxygen atoms in total. The monoisotopic (exact) mass is 362 g/mol. The number of benzene rings is 1. The van der Waals surface area contributed by atoms with E-state index in [2.05, 4.69) is 22.0 Å². The minimum Gasteiger partial charge on any atom is -0.337 e. The fourth-order valence-electron chi connectivity index (χ4n) is 3.87. The molecule has 0 aliphatic carbocycles. The molecule has 2 aliphatic heterocycles. The van der Waals surface area contributed by atoms with E-state index in [1.54, 1.807) is 0 Å². The lowest BCUT2D eigenvalue weighted by molar-refractivity contribution is 0.131. The van der Waals surface area contributed by atoms with Crippen LogP contribution < -0.4 is 5.32 Å². The van der Waals surface area contributed by atoms with Crippen LogP contribution in [0.3, 0.4) is 0 Å². The number of rotatable bonds is 5. The molecule has 0 bridgehead atoms. The van der Waals surface area contributed by atoms with Crippen molar-refractivity contribution in [3.63, 3.8) is 0 Å². The average molecular weight is 362 g/mol. The van der Waals surface area contributed by atoms with Gasteiger partial charge in [-0.3, -0.25) is 9.80 Å². The van der Waals surface area contributed by atoms with Crippen molar-refractivity contribution in [1.29, 1.82) is 0 Å². The summed E-state index contributed by atoms with van der Waals surface area (Å²) in [7, 11) is 0. The van der Waals surface area contributed by atoms with Crippen LogP contribution in [-0.4, -0.2) is 72.6 Å². The van der Waals surface area contributed by atoms with Crippen LogP contribution in [0.25, 0.3) is 0 Å². The lowest BCUT2D eigenvalue weighted by Gasteiger charge is -2.35. The number of nitrogens with one attached hydrogen (secondary N) is 1. The summed E-state index contributed by atoms with van der Waals surface area (Å²) < 4.78 is 13.0. The Kier molecular flexibility index (Phi) is 6.86. The lowest BCUT2D eigenvalue weighted by atomic mass is 10.0. The maximum Gasteiger partial charge on any atom is 0.317 e. The van der Waals surface area contributed by atoms with Crippen molar-refractivity contribution in [2.24, 2.45) is 0 Å². The van der Waals surface area contributed by atoms with Crippen molar-refractivity contribution >= 4 is 6.03 Å². The van der Waals surface area contributed by atoms with Gasteiger partial charge >= 0.3 is 6.03 Å². The first-order valence-corrected chi connectivity index (χ1v) is 9.85. The number of carbonyl (C=O) groups excluding carboxylic acids is 1. The molecule has 1 aromatic rings. The maximum atomic E-state index is 13.0. The van der Waals surface area contributed by atoms with Gasteiger partial charge in [-0.15, -0.1) is 0 Å². The molecule has 0 saturated carbocycles. The summed E-state index contributed by atoms with van der Waals surface area (Å²) >= 11 is 0. The van der Waals surface area contributed by atoms with Crippen molar-refractivity contribution in [3.8, 4) is 0 Å². The molecule has 2 aliphatic rings. The van der Waals surface area contributed by atoms with Gasteiger partial charge in [-0.25, -0.2) is 9.18 Å². The Morgan fingerprint density at radius 3 is 2.54 bits per heavy atom. The van der Waals surface area contributed by atoms with Crippen LogP contribution >= 0.6 is 0 Å². The van der Waals surface area contributed by atoms with E-state index in [0.717, 1.165) is 57.9 Å². The number of likely N-dealkylation sites (tertiary alicyclic amines) is 1. The standard InChI is InChI=1S/C20H31FN4O/c1-17-4-2-3-10-24(17)11-9-22-20(26)25-14-12-23(13-15-25)16-18-5-7-19(21)8-6-18/h5-8,17H,2-4,9-16H2,1H3,(H,22,26)/t17-/m1/s1. The highest BCUT2D eigenvalue weighted by atomic mass is 19.1. The second kappa shape index (κ2) is 9.33. The first kappa shape index (κ1) is 19.1. The maximum absolute atomic E-state index is 13.0. The van der Waals surface area contributed by atoms with Crippen LogP contribution in [0.4, 0.5) is 9.18 Å². The van der Waals surface area contributed by atoms with E-state index in [-0.39, 0.29) is 11.8 Å². The van der Waals surface area contributed by atoms with Gasteiger partial charge in [0.2, 0.25) is 0 Å². The number of nitrogens with zero attached hydrogens (tertiary/aromatic N) is 3. The minimum atomic E-state index is -0.200. The molecule has 2 amide bonds. The van der Waals surface area contributed by atoms with Crippen molar-refractivity contribution in [1.82, 2.24) is 20.0 Å². The number of hydrogen-bond donors (Lipinski definition) is 1. The topological polar surface area (TPSA) is 38.8 Å². The SMILES string of the molecule is C[C@@H]1CCCCN1CCNC(=O)N1CCN(Cc2ccc(F)cc2)CC1. The van der Waals surface area contributed by atoms with E-state index in [1.165, 1.54) is 31.4 Å². The smallest absolute Gasteiger partial charge is 0.317 e. The fourth-order valence-corrected chi connectivity index (χ4v) is 3.87. The number of hydrogen-bond acceptors (Lipinski definition) is 3. The highest BCUT2D eigenvalue weighted by Crippen LogP contribution is 2.15. The second-order valence-corrected chi connectivity index (χ2v) is 7.50. The third kappa shape index (κ3) is 5.42. The van der Waals surface area contributed by atoms with E-state index in [1.807, 2.05) is 17.0 Å². The third-order valence-corrected chi connectivity index (χ3v) is 5.59. The van der Waals surface area contributed by atoms with Crippen molar-refractivity contribution < 1.29 is 9.18 Å². The molecule has 1 N–H and O–H groups in total. The Morgan fingerprint density at radius 2 is 1.85 bits per heavy atom. The van der Waals surface area contributed by atoms with E-state index in [0.29, 0.717) is 6.04 Å². The van der Waals surface area contributed by atoms with Gasteiger partial charge in [-0.2, -0.15) is 0 Å². The molecule has 144 valence electrons. The Labute approximate surface area is 156 Å². The van der Waals surface area contributed by atoms with Gasteiger partial charge < -0.3 is 10.2 Å². The highest BCUT2D eigenvalue weighted by Gasteiger charge is 2.22. The predicted octanol–water partition coefficient (Wildman–Crippen LogP) is 2.53. The Bertz CT molecular complexity index is 572. The second-order valence-electron chi connectivity index (χ2n) is 7.50. The van der Waals surface area contributed by atoms with Gasteiger partial charge in [0.15, 0.2) is 0 Å². The first-order chi connectivity index (χ1) is 12.6. The normalized spacial score (nSPS) is 22.4. The largest absolute Gasteiger partial charge is 0.337 e. The molecule has 6 heteroatoms. The molecule has 2 saturated heterocycles. The van der Waals surface area contributed by atoms with Crippen molar-refractivity contribution in [2.75, 3.05) is 45.8 Å². The van der Waals surface area contributed by atoms with Crippen molar-refractivity contribution in [2.45, 2.75) is 38.8 Å². The van der Waals surface area contributed by atoms with Gasteiger partial charge in [0.1, 0.15) is 5.82 Å². The summed E-state index contributed by atoms with van der Waals surface area (Å²) in [6.45, 7) is 9.10. The fraction of sp³-hybridized carbons (Fsp3) is 0.650. The number of piperidine rings is 1. The predicted molar refractivity (Wildman–Crippen MR) is 102 cm³/mol. The third-order valence-electron chi connectivity index (χ3n) is 5.59. The van der Waals surface area contributed by atoms with Crippen molar-refractivity contribution in [3.05, 3.63) is 35.6 Å². The molecule has 1 aromatic carbocycles. The molecule has 2 heterocycles. The summed E-state index contributed by atoms with van der Waals surface area (Å²) in [5.41, 5.74) is 1.11. The number of carbonyl (C=O) groups is 1. The number of halogens is 1. The Balaban J connectivity index is 1.34. The van der Waals surface area contributed by atoms with E-state index in [9.17, 15) is 9.18 Å². The molecule has 0 unspecified atom stereocenters. The van der Waals surface area contributed by atoms with Crippen LogP contribution in [0, 0.1) is 5.82 Å². The summed E-state index contributed by atoms with van der Waals surface area (Å²) in [6, 6.07) is 7.35. The van der Waals surface area contributed by atoms with Gasteiger partial charge in [0.05, 0.1) is 0 Å². The molecule has 0 radical (unpaired) electrons. The average Bonchev–Trinajstić information content (AvgIpc) is 2.66. The minimum absolute atomic E-state index is 0.0519. The molecular weight excluding hydrogens is 331 g/mol. The number of urea groups is 1. The quantitative estimate of drug-likeness (QED) is 0.875. The van der Waals surface area contributed by atoms with Gasteiger partial charge in [-0.05, 0) is 44.0 Å². The lowest BCUT2D eigenvalue weighted by Crippen LogP contribution is -2.52. The molecule has 3 rings (SSSR count). The van der Waals surface area contributed by atoms with Gasteiger partial charge in [0.25, 0.3) is 0 Å². The number of piperazine rings is 1. The zero-order chi connectivity index (χ0) is 18.4. The van der Waals surface area contributed by atoms with Crippen LogP contribution in [0.5, 0.6) is 0 Å². The molecule has 1 atom stereocenters. The van der Waals surface area contributed by atoms with E-state index >= 15 is 0 Å². The zero-order valence-electron chi connectivity index (χ0n) is 15.8. The van der Waals surface area contributed by atoms with Gasteiger partial charge in [0, 0.05) is 51.9 Å². The van der Waals surface area contributed by atoms with E-state index in [4.69, 9.17) is 0 Å². The first-order valence-electron chi connectivity index (χ1n) is 9.85.